The molecule has 0 unspecified atom stereocenters. The lowest BCUT2D eigenvalue weighted by atomic mass is 9.92. The van der Waals surface area contributed by atoms with Gasteiger partial charge in [-0.3, -0.25) is 4.98 Å². The van der Waals surface area contributed by atoms with E-state index in [1.54, 1.807) is 6.20 Å². The van der Waals surface area contributed by atoms with Crippen LogP contribution in [0, 0.1) is 0 Å². The van der Waals surface area contributed by atoms with Crippen molar-refractivity contribution in [2.45, 2.75) is 31.3 Å². The molecule has 1 aliphatic heterocycles. The first kappa shape index (κ1) is 21.1. The number of carboxylic acid groups (broad SMARTS) is 1. The average Bonchev–Trinajstić information content (AvgIpc) is 3.66. The third kappa shape index (κ3) is 4.72. The highest BCUT2D eigenvalue weighted by Gasteiger charge is 2.24. The summed E-state index contributed by atoms with van der Waals surface area (Å²) >= 11 is 0. The Morgan fingerprint density at radius 2 is 1.94 bits per heavy atom. The minimum Gasteiger partial charge on any atom is -0.493 e. The summed E-state index contributed by atoms with van der Waals surface area (Å²) in [6.45, 7) is 1.23. The molecular formula is C26H27N3O4. The zero-order valence-corrected chi connectivity index (χ0v) is 18.5. The number of aromatic nitrogens is 1. The molecule has 1 aromatic heterocycles. The van der Waals surface area contributed by atoms with Crippen molar-refractivity contribution in [1.82, 2.24) is 4.98 Å². The highest BCUT2D eigenvalue weighted by molar-refractivity contribution is 5.93. The number of pyridine rings is 1. The number of fused-ring (bicyclic) bond motifs is 1. The van der Waals surface area contributed by atoms with Gasteiger partial charge in [-0.15, -0.1) is 0 Å². The van der Waals surface area contributed by atoms with Crippen LogP contribution >= 0.6 is 0 Å². The maximum Gasteiger partial charge on any atom is 0.337 e. The number of aromatic carboxylic acids is 1. The summed E-state index contributed by atoms with van der Waals surface area (Å²) in [5.74, 6) is 1.04. The number of hydrogen-bond donors (Lipinski definition) is 2. The van der Waals surface area contributed by atoms with Crippen LogP contribution in [0.4, 0.5) is 17.1 Å². The van der Waals surface area contributed by atoms with Gasteiger partial charge < -0.3 is 24.8 Å². The van der Waals surface area contributed by atoms with Crippen LogP contribution in [-0.4, -0.2) is 42.4 Å². The van der Waals surface area contributed by atoms with Gasteiger partial charge in [0.25, 0.3) is 0 Å². The molecule has 7 heteroatoms. The van der Waals surface area contributed by atoms with Crippen molar-refractivity contribution in [3.63, 3.8) is 0 Å². The molecule has 2 heterocycles. The van der Waals surface area contributed by atoms with Crippen molar-refractivity contribution in [3.05, 3.63) is 72.1 Å². The fraction of sp³-hybridized carbons (Fsp3) is 0.308. The van der Waals surface area contributed by atoms with Crippen LogP contribution in [0.3, 0.4) is 0 Å². The van der Waals surface area contributed by atoms with Gasteiger partial charge in [-0.1, -0.05) is 6.07 Å². The molecule has 7 nitrogen and oxygen atoms in total. The highest BCUT2D eigenvalue weighted by Crippen LogP contribution is 2.38. The second-order valence-electron chi connectivity index (χ2n) is 8.53. The molecule has 0 spiro atoms. The van der Waals surface area contributed by atoms with Gasteiger partial charge in [0.2, 0.25) is 0 Å². The lowest BCUT2D eigenvalue weighted by Gasteiger charge is -2.28. The molecule has 0 radical (unpaired) electrons. The predicted octanol–water partition coefficient (Wildman–Crippen LogP) is 5.07. The quantitative estimate of drug-likeness (QED) is 0.501. The summed E-state index contributed by atoms with van der Waals surface area (Å²) in [4.78, 5) is 17.6. The fourth-order valence-corrected chi connectivity index (χ4v) is 4.10. The first-order valence-electron chi connectivity index (χ1n) is 11.3. The summed E-state index contributed by atoms with van der Waals surface area (Å²) in [6, 6.07) is 16.0. The smallest absolute Gasteiger partial charge is 0.337 e. The van der Waals surface area contributed by atoms with E-state index in [0.717, 1.165) is 47.7 Å². The molecule has 2 N–H and O–H groups in total. The van der Waals surface area contributed by atoms with Crippen LogP contribution in [0.1, 0.15) is 41.1 Å². The number of rotatable bonds is 8. The zero-order valence-electron chi connectivity index (χ0n) is 18.5. The Kier molecular flexibility index (Phi) is 5.77. The normalized spacial score (nSPS) is 16.9. The lowest BCUT2D eigenvalue weighted by Crippen LogP contribution is -2.22. The van der Waals surface area contributed by atoms with Gasteiger partial charge in [-0.05, 0) is 61.2 Å². The molecule has 5 rings (SSSR count). The van der Waals surface area contributed by atoms with E-state index < -0.39 is 5.97 Å². The lowest BCUT2D eigenvalue weighted by molar-refractivity contribution is 0.0697. The summed E-state index contributed by atoms with van der Waals surface area (Å²) in [5.41, 5.74) is 4.00. The molecule has 2 aromatic carbocycles. The zero-order chi connectivity index (χ0) is 22.8. The number of nitrogens with zero attached hydrogens (tertiary/aromatic N) is 2. The van der Waals surface area contributed by atoms with E-state index in [1.807, 2.05) is 19.2 Å². The standard InChI is InChI=1S/C26H27N3O4/c1-29(18-2-5-20(6-3-18)33-21-7-8-21)19-4-9-22-17(11-13-32-25(22)14-19)15-28-24-16-27-12-10-23(24)26(30)31/h2-6,9-10,12,14,16-17,21,28H,7-8,11,13,15H2,1H3,(H,30,31)/t17-/m0/s1. The highest BCUT2D eigenvalue weighted by atomic mass is 16.5. The Morgan fingerprint density at radius 1 is 1.15 bits per heavy atom. The first-order chi connectivity index (χ1) is 16.1. The molecule has 2 aliphatic rings. The first-order valence-corrected chi connectivity index (χ1v) is 11.3. The Labute approximate surface area is 193 Å². The molecular weight excluding hydrogens is 418 g/mol. The molecule has 1 atom stereocenters. The topological polar surface area (TPSA) is 83.9 Å². The Bertz CT molecular complexity index is 1140. The maximum absolute atomic E-state index is 11.5. The SMILES string of the molecule is CN(c1ccc(OC2CC2)cc1)c1ccc2c(c1)OCC[C@H]2CNc1cnccc1C(=O)O. The van der Waals surface area contributed by atoms with Crippen molar-refractivity contribution in [3.8, 4) is 11.5 Å². The number of ether oxygens (including phenoxy) is 2. The Hall–Kier alpha value is -3.74. The molecule has 1 saturated carbocycles. The molecule has 33 heavy (non-hydrogen) atoms. The molecule has 0 saturated heterocycles. The van der Waals surface area contributed by atoms with E-state index in [9.17, 15) is 9.90 Å². The molecule has 170 valence electrons. The van der Waals surface area contributed by atoms with Crippen LogP contribution in [0.15, 0.2) is 60.9 Å². The molecule has 1 aliphatic carbocycles. The van der Waals surface area contributed by atoms with Gasteiger partial charge in [0.05, 0.1) is 30.2 Å². The third-order valence-corrected chi connectivity index (χ3v) is 6.19. The maximum atomic E-state index is 11.5. The van der Waals surface area contributed by atoms with Crippen molar-refractivity contribution >= 4 is 23.0 Å². The number of anilines is 3. The Morgan fingerprint density at radius 3 is 2.70 bits per heavy atom. The number of hydrogen-bond acceptors (Lipinski definition) is 6. The summed E-state index contributed by atoms with van der Waals surface area (Å²) < 4.78 is 11.8. The second-order valence-corrected chi connectivity index (χ2v) is 8.53. The number of carboxylic acids is 1. The van der Waals surface area contributed by atoms with Crippen LogP contribution in [0.2, 0.25) is 0 Å². The second kappa shape index (κ2) is 9.02. The van der Waals surface area contributed by atoms with Gasteiger partial charge in [-0.2, -0.15) is 0 Å². The molecule has 3 aromatic rings. The summed E-state index contributed by atoms with van der Waals surface area (Å²) in [7, 11) is 2.04. The van der Waals surface area contributed by atoms with Gasteiger partial charge in [0.1, 0.15) is 11.5 Å². The van der Waals surface area contributed by atoms with Gasteiger partial charge in [-0.25, -0.2) is 4.79 Å². The number of carbonyl (C=O) groups is 1. The van der Waals surface area contributed by atoms with Gasteiger partial charge in [0.15, 0.2) is 0 Å². The van der Waals surface area contributed by atoms with E-state index in [1.165, 1.54) is 12.3 Å². The van der Waals surface area contributed by atoms with E-state index >= 15 is 0 Å². The number of nitrogens with one attached hydrogen (secondary N) is 1. The predicted molar refractivity (Wildman–Crippen MR) is 127 cm³/mol. The van der Waals surface area contributed by atoms with Crippen LogP contribution in [-0.2, 0) is 0 Å². The van der Waals surface area contributed by atoms with Crippen molar-refractivity contribution < 1.29 is 19.4 Å². The van der Waals surface area contributed by atoms with E-state index in [-0.39, 0.29) is 11.5 Å². The van der Waals surface area contributed by atoms with Crippen molar-refractivity contribution in [1.29, 1.82) is 0 Å². The average molecular weight is 446 g/mol. The monoisotopic (exact) mass is 445 g/mol. The van der Waals surface area contributed by atoms with E-state index in [0.29, 0.717) is 24.9 Å². The molecule has 0 bridgehead atoms. The van der Waals surface area contributed by atoms with Crippen LogP contribution < -0.4 is 19.7 Å². The largest absolute Gasteiger partial charge is 0.493 e. The van der Waals surface area contributed by atoms with Gasteiger partial charge in [0, 0.05) is 43.1 Å². The van der Waals surface area contributed by atoms with Crippen molar-refractivity contribution in [2.75, 3.05) is 30.4 Å². The fourth-order valence-electron chi connectivity index (χ4n) is 4.10. The third-order valence-electron chi connectivity index (χ3n) is 6.19. The van der Waals surface area contributed by atoms with E-state index in [2.05, 4.69) is 45.5 Å². The minimum absolute atomic E-state index is 0.216. The van der Waals surface area contributed by atoms with Crippen LogP contribution in [0.25, 0.3) is 0 Å². The number of benzene rings is 2. The summed E-state index contributed by atoms with van der Waals surface area (Å²) in [5, 5.41) is 12.7. The molecule has 0 amide bonds. The Balaban J connectivity index is 1.29. The summed E-state index contributed by atoms with van der Waals surface area (Å²) in [6.07, 6.45) is 6.60. The molecule has 1 fully saturated rings. The van der Waals surface area contributed by atoms with Crippen molar-refractivity contribution in [2.24, 2.45) is 0 Å². The van der Waals surface area contributed by atoms with Crippen LogP contribution in [0.5, 0.6) is 11.5 Å². The van der Waals surface area contributed by atoms with E-state index in [4.69, 9.17) is 9.47 Å². The van der Waals surface area contributed by atoms with Gasteiger partial charge >= 0.3 is 5.97 Å². The minimum atomic E-state index is -0.966.